The van der Waals surface area contributed by atoms with E-state index in [4.69, 9.17) is 4.42 Å². The molecule has 0 aliphatic rings. The summed E-state index contributed by atoms with van der Waals surface area (Å²) in [6, 6.07) is 3.06. The van der Waals surface area contributed by atoms with E-state index in [1.165, 1.54) is 17.4 Å². The number of aromatic nitrogens is 1. The van der Waals surface area contributed by atoms with Crippen LogP contribution in [0.1, 0.15) is 16.3 Å². The third-order valence-electron chi connectivity index (χ3n) is 2.50. The largest absolute Gasteiger partial charge is 0.446 e. The summed E-state index contributed by atoms with van der Waals surface area (Å²) in [6.45, 7) is 4.20. The number of furan rings is 1. The first-order valence-electron chi connectivity index (χ1n) is 5.62. The number of thiazole rings is 1. The molecule has 0 bridgehead atoms. The zero-order valence-corrected chi connectivity index (χ0v) is 12.5. The number of nitrogens with zero attached hydrogens (tertiary/aromatic N) is 1. The van der Waals surface area contributed by atoms with E-state index in [0.29, 0.717) is 17.4 Å². The molecule has 2 rings (SSSR count). The molecule has 2 aromatic rings. The molecule has 2 N–H and O–H groups in total. The molecular weight excluding hydrogens is 286 g/mol. The van der Waals surface area contributed by atoms with Gasteiger partial charge in [0.05, 0.1) is 12.2 Å². The first kappa shape index (κ1) is 14.0. The summed E-state index contributed by atoms with van der Waals surface area (Å²) in [5.74, 6) is 0.564. The molecule has 0 unspecified atom stereocenters. The van der Waals surface area contributed by atoms with Gasteiger partial charge in [-0.3, -0.25) is 4.72 Å². The van der Waals surface area contributed by atoms with E-state index < -0.39 is 10.0 Å². The van der Waals surface area contributed by atoms with Crippen LogP contribution in [-0.2, 0) is 16.6 Å². The van der Waals surface area contributed by atoms with Gasteiger partial charge in [-0.05, 0) is 33.0 Å². The Bertz CT molecular complexity index is 654. The zero-order valence-electron chi connectivity index (χ0n) is 10.9. The van der Waals surface area contributed by atoms with Gasteiger partial charge in [0.2, 0.25) is 5.09 Å². The number of hydrogen-bond donors (Lipinski definition) is 2. The SMILES string of the molecule is CNCc1ccc(S(=O)(=O)Nc2nc(C)c(C)s2)o1. The topological polar surface area (TPSA) is 84.2 Å². The quantitative estimate of drug-likeness (QED) is 0.881. The standard InChI is InChI=1S/C11H15N3O3S2/c1-7-8(2)18-11(13-7)14-19(15,16)10-5-4-9(17-10)6-12-3/h4-5,12H,6H2,1-3H3,(H,13,14). The van der Waals surface area contributed by atoms with Crippen molar-refractivity contribution >= 4 is 26.5 Å². The summed E-state index contributed by atoms with van der Waals surface area (Å²) in [4.78, 5) is 5.12. The van der Waals surface area contributed by atoms with Crippen molar-refractivity contribution in [1.29, 1.82) is 0 Å². The molecule has 104 valence electrons. The van der Waals surface area contributed by atoms with E-state index >= 15 is 0 Å². The van der Waals surface area contributed by atoms with Crippen LogP contribution in [0.2, 0.25) is 0 Å². The van der Waals surface area contributed by atoms with Gasteiger partial charge in [-0.25, -0.2) is 4.98 Å². The minimum atomic E-state index is -3.71. The summed E-state index contributed by atoms with van der Waals surface area (Å²) in [7, 11) is -1.95. The van der Waals surface area contributed by atoms with Crippen molar-refractivity contribution < 1.29 is 12.8 Å². The van der Waals surface area contributed by atoms with Gasteiger partial charge >= 0.3 is 0 Å². The van der Waals surface area contributed by atoms with Crippen molar-refractivity contribution in [1.82, 2.24) is 10.3 Å². The summed E-state index contributed by atoms with van der Waals surface area (Å²) in [5.41, 5.74) is 0.818. The van der Waals surface area contributed by atoms with Gasteiger partial charge in [0, 0.05) is 4.88 Å². The fraction of sp³-hybridized carbons (Fsp3) is 0.364. The van der Waals surface area contributed by atoms with Crippen LogP contribution in [0.5, 0.6) is 0 Å². The van der Waals surface area contributed by atoms with Crippen LogP contribution in [0.3, 0.4) is 0 Å². The lowest BCUT2D eigenvalue weighted by Crippen LogP contribution is -2.12. The van der Waals surface area contributed by atoms with Crippen molar-refractivity contribution in [2.24, 2.45) is 0 Å². The van der Waals surface area contributed by atoms with Gasteiger partial charge in [0.1, 0.15) is 5.76 Å². The monoisotopic (exact) mass is 301 g/mol. The van der Waals surface area contributed by atoms with Gasteiger partial charge < -0.3 is 9.73 Å². The number of rotatable bonds is 5. The van der Waals surface area contributed by atoms with Crippen LogP contribution in [0.25, 0.3) is 0 Å². The maximum atomic E-state index is 12.1. The van der Waals surface area contributed by atoms with Gasteiger partial charge in [-0.2, -0.15) is 8.42 Å². The Morgan fingerprint density at radius 1 is 1.37 bits per heavy atom. The molecule has 0 spiro atoms. The van der Waals surface area contributed by atoms with E-state index in [2.05, 4.69) is 15.0 Å². The Labute approximate surface area is 115 Å². The van der Waals surface area contributed by atoms with Crippen LogP contribution < -0.4 is 10.0 Å². The van der Waals surface area contributed by atoms with Crippen LogP contribution >= 0.6 is 11.3 Å². The maximum absolute atomic E-state index is 12.1. The molecule has 0 saturated heterocycles. The summed E-state index contributed by atoms with van der Waals surface area (Å²) < 4.78 is 31.8. The molecule has 8 heteroatoms. The second-order valence-corrected chi connectivity index (χ2v) is 6.83. The van der Waals surface area contributed by atoms with E-state index in [1.807, 2.05) is 13.8 Å². The number of anilines is 1. The number of aryl methyl sites for hydroxylation is 2. The third kappa shape index (κ3) is 3.14. The van der Waals surface area contributed by atoms with Crippen molar-refractivity contribution in [3.05, 3.63) is 28.5 Å². The highest BCUT2D eigenvalue weighted by Crippen LogP contribution is 2.24. The van der Waals surface area contributed by atoms with Gasteiger partial charge in [0.25, 0.3) is 10.0 Å². The predicted octanol–water partition coefficient (Wildman–Crippen LogP) is 1.87. The molecule has 0 aliphatic heterocycles. The Morgan fingerprint density at radius 2 is 2.11 bits per heavy atom. The van der Waals surface area contributed by atoms with Gasteiger partial charge in [0.15, 0.2) is 5.13 Å². The second-order valence-electron chi connectivity index (χ2n) is 4.02. The van der Waals surface area contributed by atoms with E-state index in [0.717, 1.165) is 10.6 Å². The lowest BCUT2D eigenvalue weighted by Gasteiger charge is -2.01. The van der Waals surface area contributed by atoms with E-state index in [1.54, 1.807) is 13.1 Å². The predicted molar refractivity (Wildman–Crippen MR) is 73.9 cm³/mol. The fourth-order valence-electron chi connectivity index (χ4n) is 1.45. The minimum Gasteiger partial charge on any atom is -0.446 e. The Morgan fingerprint density at radius 3 is 2.68 bits per heavy atom. The van der Waals surface area contributed by atoms with Crippen molar-refractivity contribution in [2.45, 2.75) is 25.5 Å². The average Bonchev–Trinajstić information content (AvgIpc) is 2.88. The smallest absolute Gasteiger partial charge is 0.297 e. The van der Waals surface area contributed by atoms with Crippen molar-refractivity contribution in [3.8, 4) is 0 Å². The highest BCUT2D eigenvalue weighted by atomic mass is 32.2. The molecule has 0 radical (unpaired) electrons. The summed E-state index contributed by atoms with van der Waals surface area (Å²) in [6.07, 6.45) is 0. The summed E-state index contributed by atoms with van der Waals surface area (Å²) >= 11 is 1.30. The average molecular weight is 301 g/mol. The second kappa shape index (κ2) is 5.32. The molecule has 0 saturated carbocycles. The first-order chi connectivity index (χ1) is 8.92. The third-order valence-corrected chi connectivity index (χ3v) is 4.83. The highest BCUT2D eigenvalue weighted by Gasteiger charge is 2.20. The van der Waals surface area contributed by atoms with Crippen LogP contribution in [0.4, 0.5) is 5.13 Å². The Balaban J connectivity index is 2.21. The van der Waals surface area contributed by atoms with Gasteiger partial charge in [-0.1, -0.05) is 0 Å². The van der Waals surface area contributed by atoms with Crippen molar-refractivity contribution in [2.75, 3.05) is 11.8 Å². The molecular formula is C11H15N3O3S2. The van der Waals surface area contributed by atoms with E-state index in [-0.39, 0.29) is 5.09 Å². The molecule has 0 aliphatic carbocycles. The molecule has 0 aromatic carbocycles. The lowest BCUT2D eigenvalue weighted by molar-refractivity contribution is 0.408. The molecule has 2 aromatic heterocycles. The van der Waals surface area contributed by atoms with E-state index in [9.17, 15) is 8.42 Å². The van der Waals surface area contributed by atoms with Gasteiger partial charge in [-0.15, -0.1) is 11.3 Å². The zero-order chi connectivity index (χ0) is 14.0. The van der Waals surface area contributed by atoms with Crippen molar-refractivity contribution in [3.63, 3.8) is 0 Å². The molecule has 2 heterocycles. The summed E-state index contributed by atoms with van der Waals surface area (Å²) in [5, 5.41) is 3.13. The van der Waals surface area contributed by atoms with Crippen LogP contribution in [0, 0.1) is 13.8 Å². The lowest BCUT2D eigenvalue weighted by atomic mass is 10.4. The Kier molecular flexibility index (Phi) is 3.93. The molecule has 0 amide bonds. The molecule has 6 nitrogen and oxygen atoms in total. The molecule has 19 heavy (non-hydrogen) atoms. The normalized spacial score (nSPS) is 11.7. The molecule has 0 fully saturated rings. The minimum absolute atomic E-state index is 0.108. The number of hydrogen-bond acceptors (Lipinski definition) is 6. The molecule has 0 atom stereocenters. The number of sulfonamides is 1. The van der Waals surface area contributed by atoms with Crippen LogP contribution in [-0.4, -0.2) is 20.4 Å². The Hall–Kier alpha value is -1.38. The fourth-order valence-corrected chi connectivity index (χ4v) is 3.46. The number of nitrogens with one attached hydrogen (secondary N) is 2. The first-order valence-corrected chi connectivity index (χ1v) is 7.92. The highest BCUT2D eigenvalue weighted by molar-refractivity contribution is 7.92. The maximum Gasteiger partial charge on any atom is 0.297 e. The van der Waals surface area contributed by atoms with Crippen LogP contribution in [0.15, 0.2) is 21.6 Å².